The van der Waals surface area contributed by atoms with E-state index >= 15 is 0 Å². The summed E-state index contributed by atoms with van der Waals surface area (Å²) in [6, 6.07) is 4.36. The van der Waals surface area contributed by atoms with Gasteiger partial charge >= 0.3 is 5.97 Å². The molecule has 2 aromatic rings. The molecule has 5 nitrogen and oxygen atoms in total. The van der Waals surface area contributed by atoms with E-state index in [2.05, 4.69) is 5.32 Å². The molecular formula is C18H20FNO4. The number of esters is 1. The van der Waals surface area contributed by atoms with Crippen molar-refractivity contribution in [1.29, 1.82) is 0 Å². The SMILES string of the molecule is Cc1ccc(NC(=O)[C@@H](C)OC(=O)c2c(C)oc(C)c2C)cc1F. The number of ether oxygens (including phenoxy) is 1. The van der Waals surface area contributed by atoms with Crippen molar-refractivity contribution in [2.24, 2.45) is 0 Å². The van der Waals surface area contributed by atoms with Gasteiger partial charge in [-0.15, -0.1) is 0 Å². The van der Waals surface area contributed by atoms with Gasteiger partial charge in [0.05, 0.1) is 0 Å². The molecule has 0 saturated carbocycles. The summed E-state index contributed by atoms with van der Waals surface area (Å²) in [4.78, 5) is 24.4. The molecule has 0 radical (unpaired) electrons. The Hall–Kier alpha value is -2.63. The quantitative estimate of drug-likeness (QED) is 0.863. The lowest BCUT2D eigenvalue weighted by Crippen LogP contribution is -2.30. The minimum atomic E-state index is -1.03. The van der Waals surface area contributed by atoms with Crippen LogP contribution in [0.5, 0.6) is 0 Å². The Kier molecular flexibility index (Phi) is 5.07. The third kappa shape index (κ3) is 3.64. The zero-order valence-electron chi connectivity index (χ0n) is 14.3. The molecule has 0 aliphatic carbocycles. The van der Waals surface area contributed by atoms with Crippen LogP contribution >= 0.6 is 0 Å². The van der Waals surface area contributed by atoms with E-state index < -0.39 is 23.8 Å². The van der Waals surface area contributed by atoms with Crippen molar-refractivity contribution < 1.29 is 23.1 Å². The van der Waals surface area contributed by atoms with Crippen molar-refractivity contribution in [2.75, 3.05) is 5.32 Å². The standard InChI is InChI=1S/C18H20FNO4/c1-9-6-7-14(8-15(9)19)20-17(21)13(5)24-18(22)16-10(2)11(3)23-12(16)4/h6-8,13H,1-5H3,(H,20,21)/t13-/m1/s1. The number of nitrogens with one attached hydrogen (secondary N) is 1. The van der Waals surface area contributed by atoms with Crippen LogP contribution in [-0.2, 0) is 9.53 Å². The van der Waals surface area contributed by atoms with Gasteiger partial charge in [0, 0.05) is 11.3 Å². The van der Waals surface area contributed by atoms with E-state index in [1.807, 2.05) is 0 Å². The maximum atomic E-state index is 13.5. The number of carbonyl (C=O) groups is 2. The van der Waals surface area contributed by atoms with E-state index in [9.17, 15) is 14.0 Å². The zero-order valence-corrected chi connectivity index (χ0v) is 14.3. The molecule has 0 spiro atoms. The van der Waals surface area contributed by atoms with Crippen LogP contribution < -0.4 is 5.32 Å². The van der Waals surface area contributed by atoms with Gasteiger partial charge in [0.1, 0.15) is 22.9 Å². The molecule has 24 heavy (non-hydrogen) atoms. The average Bonchev–Trinajstić information content (AvgIpc) is 2.75. The lowest BCUT2D eigenvalue weighted by Gasteiger charge is -2.14. The molecule has 128 valence electrons. The van der Waals surface area contributed by atoms with Crippen LogP contribution in [0.1, 0.15) is 39.9 Å². The van der Waals surface area contributed by atoms with Crippen LogP contribution in [0.25, 0.3) is 0 Å². The second-order valence-corrected chi connectivity index (χ2v) is 5.72. The highest BCUT2D eigenvalue weighted by Gasteiger charge is 2.24. The summed E-state index contributed by atoms with van der Waals surface area (Å²) in [5.74, 6) is -0.505. The Morgan fingerprint density at radius 3 is 2.38 bits per heavy atom. The first-order valence-corrected chi connectivity index (χ1v) is 7.55. The fourth-order valence-electron chi connectivity index (χ4n) is 2.28. The minimum Gasteiger partial charge on any atom is -0.465 e. The normalized spacial score (nSPS) is 11.9. The first-order chi connectivity index (χ1) is 11.2. The molecule has 1 heterocycles. The van der Waals surface area contributed by atoms with Crippen molar-refractivity contribution >= 4 is 17.6 Å². The summed E-state index contributed by atoms with van der Waals surface area (Å²) in [5, 5.41) is 2.52. The van der Waals surface area contributed by atoms with Crippen molar-refractivity contribution in [3.8, 4) is 0 Å². The smallest absolute Gasteiger partial charge is 0.342 e. The fourth-order valence-corrected chi connectivity index (χ4v) is 2.28. The Morgan fingerprint density at radius 2 is 1.83 bits per heavy atom. The van der Waals surface area contributed by atoms with E-state index in [-0.39, 0.29) is 0 Å². The maximum absolute atomic E-state index is 13.5. The fraction of sp³-hybridized carbons (Fsp3) is 0.333. The highest BCUT2D eigenvalue weighted by atomic mass is 19.1. The van der Waals surface area contributed by atoms with Gasteiger partial charge in [0.25, 0.3) is 5.91 Å². The van der Waals surface area contributed by atoms with Crippen LogP contribution in [0.2, 0.25) is 0 Å². The van der Waals surface area contributed by atoms with Gasteiger partial charge in [-0.25, -0.2) is 9.18 Å². The second kappa shape index (κ2) is 6.86. The number of halogens is 1. The van der Waals surface area contributed by atoms with Crippen molar-refractivity contribution in [2.45, 2.75) is 40.7 Å². The van der Waals surface area contributed by atoms with Crippen molar-refractivity contribution in [3.63, 3.8) is 0 Å². The van der Waals surface area contributed by atoms with E-state index in [4.69, 9.17) is 9.15 Å². The molecule has 1 aromatic heterocycles. The average molecular weight is 333 g/mol. The van der Waals surface area contributed by atoms with Gasteiger partial charge < -0.3 is 14.5 Å². The van der Waals surface area contributed by atoms with E-state index in [0.717, 1.165) is 0 Å². The molecule has 1 amide bonds. The first kappa shape index (κ1) is 17.7. The van der Waals surface area contributed by atoms with Crippen LogP contribution in [0.3, 0.4) is 0 Å². The summed E-state index contributed by atoms with van der Waals surface area (Å²) < 4.78 is 24.1. The Balaban J connectivity index is 2.05. The summed E-state index contributed by atoms with van der Waals surface area (Å²) in [7, 11) is 0. The molecule has 1 aromatic carbocycles. The molecule has 1 N–H and O–H groups in total. The predicted molar refractivity (Wildman–Crippen MR) is 87.6 cm³/mol. The maximum Gasteiger partial charge on any atom is 0.342 e. The zero-order chi connectivity index (χ0) is 18.0. The van der Waals surface area contributed by atoms with Crippen molar-refractivity contribution in [3.05, 3.63) is 52.2 Å². The number of anilines is 1. The van der Waals surface area contributed by atoms with Crippen molar-refractivity contribution in [1.82, 2.24) is 0 Å². The summed E-state index contributed by atoms with van der Waals surface area (Å²) >= 11 is 0. The highest BCUT2D eigenvalue weighted by Crippen LogP contribution is 2.22. The number of amides is 1. The highest BCUT2D eigenvalue weighted by molar-refractivity contribution is 5.98. The van der Waals surface area contributed by atoms with Gasteiger partial charge in [0.15, 0.2) is 6.10 Å². The molecule has 0 saturated heterocycles. The Bertz CT molecular complexity index is 795. The molecule has 0 fully saturated rings. The molecular weight excluding hydrogens is 313 g/mol. The number of benzene rings is 1. The number of hydrogen-bond donors (Lipinski definition) is 1. The third-order valence-electron chi connectivity index (χ3n) is 3.86. The van der Waals surface area contributed by atoms with Gasteiger partial charge in [-0.05, 0) is 52.3 Å². The monoisotopic (exact) mass is 333 g/mol. The number of rotatable bonds is 4. The number of furan rings is 1. The topological polar surface area (TPSA) is 68.5 Å². The summed E-state index contributed by atoms with van der Waals surface area (Å²) in [5.41, 5.74) is 1.80. The number of hydrogen-bond acceptors (Lipinski definition) is 4. The first-order valence-electron chi connectivity index (χ1n) is 7.55. The lowest BCUT2D eigenvalue weighted by molar-refractivity contribution is -0.123. The minimum absolute atomic E-state index is 0.303. The Labute approximate surface area is 139 Å². The third-order valence-corrected chi connectivity index (χ3v) is 3.86. The number of carbonyl (C=O) groups excluding carboxylic acids is 2. The van der Waals surface area contributed by atoms with Crippen LogP contribution in [0, 0.1) is 33.5 Å². The number of aryl methyl sites for hydroxylation is 3. The molecule has 0 aliphatic heterocycles. The van der Waals surface area contributed by atoms with Crippen LogP contribution in [0.15, 0.2) is 22.6 Å². The molecule has 0 aliphatic rings. The molecule has 2 rings (SSSR count). The lowest BCUT2D eigenvalue weighted by atomic mass is 10.1. The van der Waals surface area contributed by atoms with Crippen LogP contribution in [-0.4, -0.2) is 18.0 Å². The summed E-state index contributed by atoms with van der Waals surface area (Å²) in [6.07, 6.45) is -1.03. The van der Waals surface area contributed by atoms with E-state index in [0.29, 0.717) is 33.9 Å². The van der Waals surface area contributed by atoms with E-state index in [1.165, 1.54) is 13.0 Å². The van der Waals surface area contributed by atoms with Gasteiger partial charge in [-0.1, -0.05) is 6.07 Å². The van der Waals surface area contributed by atoms with Gasteiger partial charge in [0.2, 0.25) is 0 Å². The summed E-state index contributed by atoms with van der Waals surface area (Å²) in [6.45, 7) is 8.25. The Morgan fingerprint density at radius 1 is 1.17 bits per heavy atom. The van der Waals surface area contributed by atoms with E-state index in [1.54, 1.807) is 39.8 Å². The van der Waals surface area contributed by atoms with Crippen LogP contribution in [0.4, 0.5) is 10.1 Å². The second-order valence-electron chi connectivity index (χ2n) is 5.72. The van der Waals surface area contributed by atoms with Gasteiger partial charge in [-0.2, -0.15) is 0 Å². The largest absolute Gasteiger partial charge is 0.465 e. The van der Waals surface area contributed by atoms with Gasteiger partial charge in [-0.3, -0.25) is 4.79 Å². The predicted octanol–water partition coefficient (Wildman–Crippen LogP) is 3.84. The molecule has 0 bridgehead atoms. The molecule has 6 heteroatoms. The molecule has 1 atom stereocenters. The molecule has 0 unspecified atom stereocenters.